The van der Waals surface area contributed by atoms with Crippen molar-refractivity contribution in [3.63, 3.8) is 0 Å². The predicted molar refractivity (Wildman–Crippen MR) is 256 cm³/mol. The second kappa shape index (κ2) is 28.3. The lowest BCUT2D eigenvalue weighted by atomic mass is 10.0. The van der Waals surface area contributed by atoms with Gasteiger partial charge in [-0.1, -0.05) is 136 Å². The molecule has 2 unspecified atom stereocenters. The fourth-order valence-electron chi connectivity index (χ4n) is 8.38. The van der Waals surface area contributed by atoms with Crippen molar-refractivity contribution in [2.24, 2.45) is 11.5 Å². The van der Waals surface area contributed by atoms with Gasteiger partial charge >= 0.3 is 0 Å². The third-order valence-electron chi connectivity index (χ3n) is 12.1. The van der Waals surface area contributed by atoms with Crippen LogP contribution in [0, 0.1) is 0 Å². The Morgan fingerprint density at radius 1 is 0.500 bits per heavy atom. The number of unbranched alkanes of at least 4 members (excludes halogenated alkanes) is 8. The quantitative estimate of drug-likeness (QED) is 0.0525. The van der Waals surface area contributed by atoms with E-state index in [1.165, 1.54) is 0 Å². The molecule has 2 heterocycles. The fraction of sp³-hybridized carbons (Fsp3) is 0.472. The predicted octanol–water partition coefficient (Wildman–Crippen LogP) is 7.74. The van der Waals surface area contributed by atoms with Crippen molar-refractivity contribution < 1.29 is 23.9 Å². The molecule has 4 aromatic rings. The maximum absolute atomic E-state index is 12.9. The second-order valence-corrected chi connectivity index (χ2v) is 17.0. The Morgan fingerprint density at radius 3 is 1.41 bits per heavy atom. The first-order valence-corrected chi connectivity index (χ1v) is 23.8. The van der Waals surface area contributed by atoms with Crippen LogP contribution in [-0.4, -0.2) is 84.8 Å². The summed E-state index contributed by atoms with van der Waals surface area (Å²) < 4.78 is 5.82. The molecule has 0 saturated carbocycles. The molecular weight excluding hydrogens is 801 g/mol. The molecule has 2 atom stereocenters. The molecule has 2 fully saturated rings. The minimum Gasteiger partial charge on any atom is -0.489 e. The van der Waals surface area contributed by atoms with Crippen LogP contribution in [0.15, 0.2) is 109 Å². The van der Waals surface area contributed by atoms with Crippen molar-refractivity contribution in [2.45, 2.75) is 121 Å². The molecule has 0 radical (unpaired) electrons. The Labute approximate surface area is 381 Å². The molecular formula is C53H72N6O5. The molecule has 344 valence electrons. The maximum Gasteiger partial charge on any atom is 0.242 e. The lowest BCUT2D eigenvalue weighted by Crippen LogP contribution is -2.46. The van der Waals surface area contributed by atoms with Gasteiger partial charge in [0, 0.05) is 26.2 Å². The van der Waals surface area contributed by atoms with Gasteiger partial charge in [-0.15, -0.1) is 0 Å². The number of nitrogens with zero attached hydrogens (tertiary/aromatic N) is 2. The Kier molecular flexibility index (Phi) is 21.9. The summed E-state index contributed by atoms with van der Waals surface area (Å²) in [4.78, 5) is 54.6. The molecule has 0 spiro atoms. The van der Waals surface area contributed by atoms with E-state index in [0.29, 0.717) is 45.6 Å². The normalized spacial score (nSPS) is 15.6. The highest BCUT2D eigenvalue weighted by Gasteiger charge is 2.34. The number of ether oxygens (including phenoxy) is 1. The number of nitrogens with two attached hydrogens (primary N) is 2. The van der Waals surface area contributed by atoms with E-state index in [0.717, 1.165) is 137 Å². The second-order valence-electron chi connectivity index (χ2n) is 17.0. The fourth-order valence-corrected chi connectivity index (χ4v) is 8.38. The van der Waals surface area contributed by atoms with Crippen LogP contribution in [0.5, 0.6) is 5.75 Å². The summed E-state index contributed by atoms with van der Waals surface area (Å²) in [7, 11) is 0. The Balaban J connectivity index is 0.000000241. The lowest BCUT2D eigenvalue weighted by molar-refractivity contribution is -0.138. The smallest absolute Gasteiger partial charge is 0.242 e. The highest BCUT2D eigenvalue weighted by atomic mass is 16.5. The summed E-state index contributed by atoms with van der Waals surface area (Å²) in [6.07, 6.45) is 14.8. The molecule has 6 rings (SSSR count). The third-order valence-corrected chi connectivity index (χ3v) is 12.1. The Bertz CT molecular complexity index is 1960. The number of rotatable bonds is 24. The van der Waals surface area contributed by atoms with E-state index in [1.807, 2.05) is 84.9 Å². The molecule has 4 aromatic carbocycles. The van der Waals surface area contributed by atoms with Crippen molar-refractivity contribution >= 4 is 23.6 Å². The molecule has 0 aliphatic carbocycles. The monoisotopic (exact) mass is 873 g/mol. The van der Waals surface area contributed by atoms with Crippen LogP contribution in [0.4, 0.5) is 0 Å². The number of nitrogens with one attached hydrogen (secondary N) is 2. The van der Waals surface area contributed by atoms with Gasteiger partial charge in [0.05, 0.1) is 12.8 Å². The van der Waals surface area contributed by atoms with Crippen LogP contribution in [0.1, 0.15) is 107 Å². The molecule has 4 amide bonds. The van der Waals surface area contributed by atoms with E-state index in [9.17, 15) is 19.2 Å². The molecule has 2 aliphatic rings. The summed E-state index contributed by atoms with van der Waals surface area (Å²) in [5.41, 5.74) is 16.3. The van der Waals surface area contributed by atoms with Crippen LogP contribution in [0.3, 0.4) is 0 Å². The SMILES string of the molecule is NCCCCCCCNC(=O)C1CCCN1C(=O)Cc1ccc(-c2ccccc2)cc1.NCCCCCCCNC(=O)C1CCCN1C(=O)Cc1ccc(OCc2ccccc2)cc1. The topological polar surface area (TPSA) is 160 Å². The van der Waals surface area contributed by atoms with E-state index in [4.69, 9.17) is 16.2 Å². The van der Waals surface area contributed by atoms with Crippen molar-refractivity contribution in [3.05, 3.63) is 126 Å². The number of likely N-dealkylation sites (tertiary alicyclic amines) is 2. The summed E-state index contributed by atoms with van der Waals surface area (Å²) in [6, 6.07) is 35.3. The van der Waals surface area contributed by atoms with Crippen molar-refractivity contribution in [1.29, 1.82) is 0 Å². The van der Waals surface area contributed by atoms with E-state index in [2.05, 4.69) is 34.9 Å². The molecule has 6 N–H and O–H groups in total. The largest absolute Gasteiger partial charge is 0.489 e. The van der Waals surface area contributed by atoms with Crippen LogP contribution in [0.25, 0.3) is 11.1 Å². The molecule has 2 saturated heterocycles. The van der Waals surface area contributed by atoms with E-state index >= 15 is 0 Å². The van der Waals surface area contributed by atoms with Gasteiger partial charge < -0.3 is 36.6 Å². The number of carbonyl (C=O) groups is 4. The van der Waals surface area contributed by atoms with Crippen LogP contribution < -0.4 is 26.8 Å². The van der Waals surface area contributed by atoms with E-state index in [1.54, 1.807) is 9.80 Å². The summed E-state index contributed by atoms with van der Waals surface area (Å²) in [5, 5.41) is 6.06. The van der Waals surface area contributed by atoms with Gasteiger partial charge in [-0.3, -0.25) is 19.2 Å². The zero-order valence-corrected chi connectivity index (χ0v) is 37.9. The Hall–Kier alpha value is -5.52. The first-order chi connectivity index (χ1) is 31.4. The van der Waals surface area contributed by atoms with Crippen molar-refractivity contribution in [2.75, 3.05) is 39.3 Å². The Morgan fingerprint density at radius 2 is 0.922 bits per heavy atom. The molecule has 0 aromatic heterocycles. The number of amides is 4. The zero-order valence-electron chi connectivity index (χ0n) is 37.9. The van der Waals surface area contributed by atoms with Crippen LogP contribution in [0.2, 0.25) is 0 Å². The average molecular weight is 873 g/mol. The van der Waals surface area contributed by atoms with Crippen LogP contribution >= 0.6 is 0 Å². The highest BCUT2D eigenvalue weighted by molar-refractivity contribution is 5.90. The van der Waals surface area contributed by atoms with Gasteiger partial charge in [0.1, 0.15) is 24.4 Å². The van der Waals surface area contributed by atoms with Gasteiger partial charge in [0.15, 0.2) is 0 Å². The molecule has 2 aliphatic heterocycles. The number of hydrogen-bond donors (Lipinski definition) is 4. The highest BCUT2D eigenvalue weighted by Crippen LogP contribution is 2.23. The van der Waals surface area contributed by atoms with Gasteiger partial charge in [0.2, 0.25) is 23.6 Å². The summed E-state index contributed by atoms with van der Waals surface area (Å²) in [5.74, 6) is 0.787. The van der Waals surface area contributed by atoms with Crippen molar-refractivity contribution in [3.8, 4) is 16.9 Å². The van der Waals surface area contributed by atoms with Gasteiger partial charge in [-0.05, 0) is 104 Å². The minimum absolute atomic E-state index is 0.00684. The van der Waals surface area contributed by atoms with Crippen LogP contribution in [-0.2, 0) is 38.6 Å². The van der Waals surface area contributed by atoms with Crippen molar-refractivity contribution in [1.82, 2.24) is 20.4 Å². The average Bonchev–Trinajstić information content (AvgIpc) is 4.04. The standard InChI is InChI=1S/C27H37N3O3.C26H35N3O2/c28-17-7-2-1-3-8-18-29-27(32)25-12-9-19-30(25)26(31)20-22-13-15-24(16-14-22)33-21-23-10-5-4-6-11-23;27-17-7-2-1-3-8-18-28-26(31)24-12-9-19-29(24)25(30)20-21-13-15-23(16-14-21)22-10-5-4-6-11-22/h4-6,10-11,13-16,25H,1-3,7-9,12,17-21,28H2,(H,29,32);4-6,10-11,13-16,24H,1-3,7-9,12,17-20,27H2,(H,28,31). The van der Waals surface area contributed by atoms with E-state index < -0.39 is 0 Å². The molecule has 11 heteroatoms. The molecule has 0 bridgehead atoms. The van der Waals surface area contributed by atoms with Gasteiger partial charge in [-0.25, -0.2) is 0 Å². The molecule has 11 nitrogen and oxygen atoms in total. The number of hydrogen-bond acceptors (Lipinski definition) is 7. The summed E-state index contributed by atoms with van der Waals surface area (Å²) >= 11 is 0. The summed E-state index contributed by atoms with van der Waals surface area (Å²) in [6.45, 7) is 4.67. The van der Waals surface area contributed by atoms with E-state index in [-0.39, 0.29) is 35.7 Å². The van der Waals surface area contributed by atoms with Gasteiger partial charge in [-0.2, -0.15) is 0 Å². The van der Waals surface area contributed by atoms with Gasteiger partial charge in [0.25, 0.3) is 0 Å². The number of carbonyl (C=O) groups excluding carboxylic acids is 4. The lowest BCUT2D eigenvalue weighted by Gasteiger charge is -2.24. The third kappa shape index (κ3) is 16.9. The molecule has 64 heavy (non-hydrogen) atoms. The number of benzene rings is 4. The maximum atomic E-state index is 12.9. The zero-order chi connectivity index (χ0) is 45.2. The first kappa shape index (κ1) is 49.5. The first-order valence-electron chi connectivity index (χ1n) is 23.8. The minimum atomic E-state index is -0.344.